The first-order valence-corrected chi connectivity index (χ1v) is 7.52. The second-order valence-electron chi connectivity index (χ2n) is 5.71. The molecular formula is C14H26ClN5O2. The maximum absolute atomic E-state index is 12.1. The van der Waals surface area contributed by atoms with Gasteiger partial charge in [-0.2, -0.15) is 5.10 Å². The second-order valence-corrected chi connectivity index (χ2v) is 5.71. The fourth-order valence-electron chi connectivity index (χ4n) is 2.48. The van der Waals surface area contributed by atoms with Crippen molar-refractivity contribution in [2.24, 2.45) is 11.7 Å². The van der Waals surface area contributed by atoms with Crippen molar-refractivity contribution < 1.29 is 9.53 Å². The molecule has 3 unspecified atom stereocenters. The van der Waals surface area contributed by atoms with Crippen molar-refractivity contribution in [3.05, 3.63) is 11.6 Å². The van der Waals surface area contributed by atoms with Crippen LogP contribution in [0.2, 0.25) is 0 Å². The zero-order chi connectivity index (χ0) is 15.4. The number of halogens is 1. The summed E-state index contributed by atoms with van der Waals surface area (Å²) in [6.45, 7) is 5.09. The molecule has 0 aliphatic carbocycles. The molecule has 1 aliphatic heterocycles. The number of nitrogens with zero attached hydrogens (tertiary/aromatic N) is 3. The van der Waals surface area contributed by atoms with Crippen molar-refractivity contribution in [3.63, 3.8) is 0 Å². The lowest BCUT2D eigenvalue weighted by atomic mass is 9.98. The molecule has 0 saturated carbocycles. The van der Waals surface area contributed by atoms with Crippen molar-refractivity contribution in [3.8, 4) is 0 Å². The van der Waals surface area contributed by atoms with E-state index in [0.717, 1.165) is 25.1 Å². The fraction of sp³-hybridized carbons (Fsp3) is 0.786. The van der Waals surface area contributed by atoms with Crippen LogP contribution in [0.1, 0.15) is 38.3 Å². The number of methoxy groups -OCH3 is 1. The molecule has 0 bridgehead atoms. The molecule has 3 N–H and O–H groups in total. The Hall–Kier alpha value is -1.18. The van der Waals surface area contributed by atoms with Gasteiger partial charge in [-0.15, -0.1) is 12.4 Å². The number of aromatic nitrogens is 3. The second kappa shape index (κ2) is 8.45. The number of ether oxygens (including phenoxy) is 1. The molecule has 0 fully saturated rings. The molecule has 0 saturated heterocycles. The average Bonchev–Trinajstić information content (AvgIpc) is 2.87. The van der Waals surface area contributed by atoms with Crippen LogP contribution < -0.4 is 11.1 Å². The Kier molecular flexibility index (Phi) is 7.25. The van der Waals surface area contributed by atoms with E-state index < -0.39 is 6.04 Å². The third-order valence-electron chi connectivity index (χ3n) is 4.08. The fourth-order valence-corrected chi connectivity index (χ4v) is 2.48. The van der Waals surface area contributed by atoms with Gasteiger partial charge in [0.25, 0.3) is 0 Å². The van der Waals surface area contributed by atoms with E-state index in [1.165, 1.54) is 0 Å². The monoisotopic (exact) mass is 331 g/mol. The summed E-state index contributed by atoms with van der Waals surface area (Å²) in [6, 6.07) is -0.381. The van der Waals surface area contributed by atoms with E-state index in [4.69, 9.17) is 10.5 Å². The van der Waals surface area contributed by atoms with Crippen LogP contribution in [-0.4, -0.2) is 39.9 Å². The zero-order valence-corrected chi connectivity index (χ0v) is 14.2. The van der Waals surface area contributed by atoms with Gasteiger partial charge in [0.2, 0.25) is 5.91 Å². The number of carbonyl (C=O) groups is 1. The van der Waals surface area contributed by atoms with Gasteiger partial charge in [-0.05, 0) is 12.3 Å². The summed E-state index contributed by atoms with van der Waals surface area (Å²) < 4.78 is 6.90. The Balaban J connectivity index is 0.00000242. The summed E-state index contributed by atoms with van der Waals surface area (Å²) in [4.78, 5) is 16.6. The third kappa shape index (κ3) is 4.41. The van der Waals surface area contributed by atoms with Crippen molar-refractivity contribution in [1.29, 1.82) is 0 Å². The Labute approximate surface area is 137 Å². The Morgan fingerprint density at radius 2 is 2.32 bits per heavy atom. The van der Waals surface area contributed by atoms with Crippen LogP contribution in [0.3, 0.4) is 0 Å². The molecule has 1 aromatic heterocycles. The van der Waals surface area contributed by atoms with Crippen molar-refractivity contribution >= 4 is 18.3 Å². The highest BCUT2D eigenvalue weighted by molar-refractivity contribution is 5.85. The van der Waals surface area contributed by atoms with E-state index in [2.05, 4.69) is 15.4 Å². The molecule has 2 rings (SSSR count). The molecule has 1 aliphatic rings. The van der Waals surface area contributed by atoms with Crippen molar-refractivity contribution in [2.75, 3.05) is 7.11 Å². The molecule has 126 valence electrons. The first-order valence-electron chi connectivity index (χ1n) is 7.52. The van der Waals surface area contributed by atoms with Gasteiger partial charge in [0.05, 0.1) is 12.6 Å². The van der Waals surface area contributed by atoms with E-state index >= 15 is 0 Å². The largest absolute Gasteiger partial charge is 0.377 e. The molecule has 7 nitrogen and oxygen atoms in total. The normalized spacial score (nSPS) is 19.7. The number of nitrogens with two attached hydrogens (primary N) is 1. The first kappa shape index (κ1) is 18.9. The van der Waals surface area contributed by atoms with E-state index in [9.17, 15) is 4.79 Å². The van der Waals surface area contributed by atoms with Crippen molar-refractivity contribution in [2.45, 2.75) is 58.3 Å². The van der Waals surface area contributed by atoms with E-state index in [1.807, 2.05) is 18.5 Å². The number of nitrogens with one attached hydrogen (secondary N) is 1. The summed E-state index contributed by atoms with van der Waals surface area (Å²) in [5.74, 6) is 1.76. The van der Waals surface area contributed by atoms with Crippen LogP contribution in [0.15, 0.2) is 0 Å². The Morgan fingerprint density at radius 1 is 1.59 bits per heavy atom. The standard InChI is InChI=1S/C14H25N5O2.ClH/c1-4-9(2)13(15)14(20)16-10-5-6-12-17-11(8-21-3)18-19(12)7-10;/h9-10,13H,4-8,15H2,1-3H3,(H,16,20);1H. The highest BCUT2D eigenvalue weighted by Gasteiger charge is 2.26. The van der Waals surface area contributed by atoms with Gasteiger partial charge < -0.3 is 15.8 Å². The smallest absolute Gasteiger partial charge is 0.237 e. The molecular weight excluding hydrogens is 306 g/mol. The molecule has 0 spiro atoms. The molecule has 1 amide bonds. The Morgan fingerprint density at radius 3 is 2.95 bits per heavy atom. The number of carbonyl (C=O) groups excluding carboxylic acids is 1. The van der Waals surface area contributed by atoms with Gasteiger partial charge in [-0.3, -0.25) is 4.79 Å². The molecule has 22 heavy (non-hydrogen) atoms. The lowest BCUT2D eigenvalue weighted by Gasteiger charge is -2.26. The molecule has 0 aromatic carbocycles. The van der Waals surface area contributed by atoms with Crippen LogP contribution in [-0.2, 0) is 29.1 Å². The minimum Gasteiger partial charge on any atom is -0.377 e. The maximum atomic E-state index is 12.1. The summed E-state index contributed by atoms with van der Waals surface area (Å²) in [5.41, 5.74) is 5.96. The maximum Gasteiger partial charge on any atom is 0.237 e. The summed E-state index contributed by atoms with van der Waals surface area (Å²) in [7, 11) is 1.62. The van der Waals surface area contributed by atoms with Gasteiger partial charge in [-0.25, -0.2) is 9.67 Å². The minimum atomic E-state index is -0.448. The van der Waals surface area contributed by atoms with Gasteiger partial charge >= 0.3 is 0 Å². The highest BCUT2D eigenvalue weighted by Crippen LogP contribution is 2.14. The van der Waals surface area contributed by atoms with E-state index in [-0.39, 0.29) is 30.3 Å². The van der Waals surface area contributed by atoms with Gasteiger partial charge in [0.1, 0.15) is 12.4 Å². The zero-order valence-electron chi connectivity index (χ0n) is 13.4. The molecule has 0 radical (unpaired) electrons. The van der Waals surface area contributed by atoms with Crippen molar-refractivity contribution in [1.82, 2.24) is 20.1 Å². The average molecular weight is 332 g/mol. The number of aryl methyl sites for hydroxylation is 1. The summed E-state index contributed by atoms with van der Waals surface area (Å²) >= 11 is 0. The van der Waals surface area contributed by atoms with Gasteiger partial charge in [0.15, 0.2) is 5.82 Å². The lowest BCUT2D eigenvalue weighted by molar-refractivity contribution is -0.124. The minimum absolute atomic E-state index is 0. The third-order valence-corrected chi connectivity index (χ3v) is 4.08. The van der Waals surface area contributed by atoms with Crippen LogP contribution in [0, 0.1) is 5.92 Å². The highest BCUT2D eigenvalue weighted by atomic mass is 35.5. The molecule has 1 aromatic rings. The van der Waals surface area contributed by atoms with Gasteiger partial charge in [-0.1, -0.05) is 20.3 Å². The van der Waals surface area contributed by atoms with Crippen LogP contribution in [0.5, 0.6) is 0 Å². The number of fused-ring (bicyclic) bond motifs is 1. The van der Waals surface area contributed by atoms with Crippen LogP contribution >= 0.6 is 12.4 Å². The molecule has 2 heterocycles. The SMILES string of the molecule is CCC(C)C(N)C(=O)NC1CCc2nc(COC)nn2C1.Cl. The number of hydrogen-bond acceptors (Lipinski definition) is 5. The first-order chi connectivity index (χ1) is 10.0. The lowest BCUT2D eigenvalue weighted by Crippen LogP contribution is -2.50. The predicted octanol–water partition coefficient (Wildman–Crippen LogP) is 0.651. The van der Waals surface area contributed by atoms with E-state index in [0.29, 0.717) is 19.0 Å². The van der Waals surface area contributed by atoms with Crippen LogP contribution in [0.4, 0.5) is 0 Å². The summed E-state index contributed by atoms with van der Waals surface area (Å²) in [6.07, 6.45) is 2.57. The number of rotatable bonds is 6. The number of hydrogen-bond donors (Lipinski definition) is 2. The quantitative estimate of drug-likeness (QED) is 0.798. The molecule has 8 heteroatoms. The Bertz CT molecular complexity index is 494. The van der Waals surface area contributed by atoms with E-state index in [1.54, 1.807) is 7.11 Å². The molecule has 3 atom stereocenters. The topological polar surface area (TPSA) is 95.1 Å². The van der Waals surface area contributed by atoms with Gasteiger partial charge in [0, 0.05) is 19.6 Å². The predicted molar refractivity (Wildman–Crippen MR) is 85.7 cm³/mol. The number of amides is 1. The van der Waals surface area contributed by atoms with Crippen LogP contribution in [0.25, 0.3) is 0 Å². The summed E-state index contributed by atoms with van der Waals surface area (Å²) in [5, 5.41) is 7.42.